The van der Waals surface area contributed by atoms with Crippen molar-refractivity contribution < 1.29 is 33.6 Å². The van der Waals surface area contributed by atoms with E-state index in [1.165, 1.54) is 18.6 Å². The summed E-state index contributed by atoms with van der Waals surface area (Å²) in [7, 11) is 0. The van der Waals surface area contributed by atoms with Crippen molar-refractivity contribution in [1.82, 2.24) is 36.6 Å². The van der Waals surface area contributed by atoms with Gasteiger partial charge in [-0.25, -0.2) is 4.98 Å². The van der Waals surface area contributed by atoms with Crippen LogP contribution in [0.25, 0.3) is 6.08 Å². The minimum atomic E-state index is -1.13. The number of amides is 6. The zero-order valence-electron chi connectivity index (χ0n) is 30.3. The number of aromatic nitrogens is 2. The molecule has 54 heavy (non-hydrogen) atoms. The van der Waals surface area contributed by atoms with E-state index in [-0.39, 0.29) is 56.0 Å². The van der Waals surface area contributed by atoms with Gasteiger partial charge in [-0.05, 0) is 50.0 Å². The molecule has 4 unspecified atom stereocenters. The van der Waals surface area contributed by atoms with Gasteiger partial charge in [-0.3, -0.25) is 38.5 Å². The van der Waals surface area contributed by atoms with Crippen LogP contribution in [0.3, 0.4) is 0 Å². The average Bonchev–Trinajstić information content (AvgIpc) is 3.17. The molecule has 4 atom stereocenters. The molecule has 1 aliphatic heterocycles. The van der Waals surface area contributed by atoms with Crippen LogP contribution in [0, 0.1) is 5.92 Å². The molecule has 1 fully saturated rings. The number of nitrogens with zero attached hydrogens (tertiary/aromatic N) is 2. The van der Waals surface area contributed by atoms with E-state index >= 15 is 0 Å². The number of primary amides is 1. The Morgan fingerprint density at radius 1 is 0.815 bits per heavy atom. The molecule has 2 aliphatic rings. The van der Waals surface area contributed by atoms with Gasteiger partial charge in [-0.1, -0.05) is 74.6 Å². The van der Waals surface area contributed by atoms with Gasteiger partial charge in [0.15, 0.2) is 5.78 Å². The molecule has 6 amide bonds. The lowest BCUT2D eigenvalue weighted by Crippen LogP contribution is -2.56. The minimum Gasteiger partial charge on any atom is -0.368 e. The van der Waals surface area contributed by atoms with Crippen molar-refractivity contribution in [2.45, 2.75) is 101 Å². The van der Waals surface area contributed by atoms with Crippen LogP contribution >= 0.6 is 0 Å². The number of hydrogen-bond acceptors (Lipinski definition) is 9. The lowest BCUT2D eigenvalue weighted by atomic mass is 9.84. The second-order valence-corrected chi connectivity index (χ2v) is 13.6. The van der Waals surface area contributed by atoms with Crippen molar-refractivity contribution >= 4 is 47.3 Å². The predicted molar refractivity (Wildman–Crippen MR) is 200 cm³/mol. The summed E-state index contributed by atoms with van der Waals surface area (Å²) in [6, 6.07) is 5.13. The Bertz CT molecular complexity index is 1660. The fourth-order valence-corrected chi connectivity index (χ4v) is 6.53. The van der Waals surface area contributed by atoms with E-state index in [0.717, 1.165) is 49.8 Å². The SMILES string of the molecule is NC(=O)C1CCCC(=O)C(CCCNC(=O)c2cnccn2)NC(=O)C(CC2CCCCC2)NC(=O)C(C/C=C/c2ccccc2)NC(=O)C=CC(=O)N1. The Kier molecular flexibility index (Phi) is 16.5. The van der Waals surface area contributed by atoms with Crippen molar-refractivity contribution in [2.75, 3.05) is 6.54 Å². The molecule has 2 heterocycles. The molecular formula is C39H50N8O7. The molecule has 15 nitrogen and oxygen atoms in total. The summed E-state index contributed by atoms with van der Waals surface area (Å²) >= 11 is 0. The number of ketones is 1. The highest BCUT2D eigenvalue weighted by molar-refractivity contribution is 6.00. The summed E-state index contributed by atoms with van der Waals surface area (Å²) in [5.74, 6) is -4.06. The molecule has 288 valence electrons. The molecule has 1 saturated carbocycles. The quantitative estimate of drug-likeness (QED) is 0.184. The number of carbonyl (C=O) groups is 7. The van der Waals surface area contributed by atoms with Crippen molar-refractivity contribution in [3.05, 3.63) is 78.4 Å². The monoisotopic (exact) mass is 742 g/mol. The van der Waals surface area contributed by atoms with Crippen molar-refractivity contribution in [1.29, 1.82) is 0 Å². The fourth-order valence-electron chi connectivity index (χ4n) is 6.53. The van der Waals surface area contributed by atoms with E-state index in [1.807, 2.05) is 30.3 Å². The van der Waals surface area contributed by atoms with E-state index in [4.69, 9.17) is 5.73 Å². The lowest BCUT2D eigenvalue weighted by Gasteiger charge is -2.29. The van der Waals surface area contributed by atoms with Crippen molar-refractivity contribution in [3.63, 3.8) is 0 Å². The Morgan fingerprint density at radius 3 is 2.22 bits per heavy atom. The third-order valence-corrected chi connectivity index (χ3v) is 9.46. The first-order valence-corrected chi connectivity index (χ1v) is 18.6. The maximum atomic E-state index is 14.1. The van der Waals surface area contributed by atoms with E-state index in [1.54, 1.807) is 12.2 Å². The number of hydrogen-bond donors (Lipinski definition) is 6. The number of rotatable bonds is 11. The Balaban J connectivity index is 1.58. The van der Waals surface area contributed by atoms with Crippen LogP contribution in [0.4, 0.5) is 0 Å². The number of Topliss-reactive ketones (excluding diaryl/α,β-unsaturated/α-hetero) is 1. The van der Waals surface area contributed by atoms with Crippen molar-refractivity contribution in [3.8, 4) is 0 Å². The van der Waals surface area contributed by atoms with E-state index in [0.29, 0.717) is 12.8 Å². The molecule has 0 spiro atoms. The average molecular weight is 743 g/mol. The summed E-state index contributed by atoms with van der Waals surface area (Å²) in [5, 5.41) is 13.6. The van der Waals surface area contributed by atoms with Gasteiger partial charge in [0.1, 0.15) is 23.8 Å². The molecule has 1 aromatic heterocycles. The third-order valence-electron chi connectivity index (χ3n) is 9.46. The molecule has 1 aliphatic carbocycles. The standard InChI is InChI=1S/C39H50N8O7/c40-36(51)29-15-8-18-33(48)28(17-9-21-43-37(52)32-25-41-22-23-42-32)46-39(54)31(24-27-12-5-2-6-13-27)47-38(53)30(45-35(50)20-19-34(49)44-29)16-7-14-26-10-3-1-4-11-26/h1,3-4,7,10-11,14,19-20,22-23,25,27-31H,2,5-6,8-9,12-13,15-18,21,24H2,(H2,40,51)(H,43,52)(H,44,49)(H,45,50)(H,46,54)(H,47,53)/b14-7+,20-19?. The van der Waals surface area contributed by atoms with Crippen LogP contribution in [0.2, 0.25) is 0 Å². The second kappa shape index (κ2) is 21.7. The first-order chi connectivity index (χ1) is 26.1. The summed E-state index contributed by atoms with van der Waals surface area (Å²) < 4.78 is 0. The van der Waals surface area contributed by atoms with Gasteiger partial charge in [0.2, 0.25) is 29.5 Å². The van der Waals surface area contributed by atoms with Crippen LogP contribution in [0.1, 0.15) is 93.1 Å². The Morgan fingerprint density at radius 2 is 1.52 bits per heavy atom. The van der Waals surface area contributed by atoms with Gasteiger partial charge in [0, 0.05) is 37.5 Å². The zero-order valence-corrected chi connectivity index (χ0v) is 30.3. The first kappa shape index (κ1) is 41.0. The summed E-state index contributed by atoms with van der Waals surface area (Å²) in [6.07, 6.45) is 15.5. The van der Waals surface area contributed by atoms with Gasteiger partial charge >= 0.3 is 0 Å². The third kappa shape index (κ3) is 14.0. The van der Waals surface area contributed by atoms with Gasteiger partial charge in [0.25, 0.3) is 5.91 Å². The molecule has 0 bridgehead atoms. The van der Waals surface area contributed by atoms with Crippen LogP contribution in [0.15, 0.2) is 67.2 Å². The van der Waals surface area contributed by atoms with Crippen LogP contribution in [0.5, 0.6) is 0 Å². The topological polar surface area (TPSA) is 231 Å². The van der Waals surface area contributed by atoms with Gasteiger partial charge in [-0.2, -0.15) is 0 Å². The lowest BCUT2D eigenvalue weighted by molar-refractivity contribution is -0.133. The predicted octanol–water partition coefficient (Wildman–Crippen LogP) is 1.79. The summed E-state index contributed by atoms with van der Waals surface area (Å²) in [6.45, 7) is 0.179. The Hall–Kier alpha value is -5.73. The van der Waals surface area contributed by atoms with E-state index in [9.17, 15) is 33.6 Å². The molecular weight excluding hydrogens is 692 g/mol. The maximum absolute atomic E-state index is 14.1. The zero-order chi connectivity index (χ0) is 38.7. The van der Waals surface area contributed by atoms with Crippen LogP contribution < -0.4 is 32.3 Å². The largest absolute Gasteiger partial charge is 0.368 e. The van der Waals surface area contributed by atoms with Crippen molar-refractivity contribution in [2.24, 2.45) is 11.7 Å². The molecule has 1 aromatic carbocycles. The highest BCUT2D eigenvalue weighted by Crippen LogP contribution is 2.27. The normalized spacial score (nSPS) is 22.6. The van der Waals surface area contributed by atoms with Gasteiger partial charge in [-0.15, -0.1) is 0 Å². The van der Waals surface area contributed by atoms with Crippen LogP contribution in [-0.4, -0.2) is 81.9 Å². The molecule has 15 heteroatoms. The number of nitrogens with two attached hydrogens (primary N) is 1. The number of carbonyl (C=O) groups excluding carboxylic acids is 7. The first-order valence-electron chi connectivity index (χ1n) is 18.6. The van der Waals surface area contributed by atoms with E-state index in [2.05, 4.69) is 36.6 Å². The number of benzene rings is 1. The smallest absolute Gasteiger partial charge is 0.271 e. The molecule has 7 N–H and O–H groups in total. The highest BCUT2D eigenvalue weighted by Gasteiger charge is 2.32. The molecule has 0 saturated heterocycles. The maximum Gasteiger partial charge on any atom is 0.271 e. The second-order valence-electron chi connectivity index (χ2n) is 13.6. The van der Waals surface area contributed by atoms with Gasteiger partial charge < -0.3 is 32.3 Å². The Labute approximate surface area is 314 Å². The highest BCUT2D eigenvalue weighted by atomic mass is 16.2. The minimum absolute atomic E-state index is 0.0396. The van der Waals surface area contributed by atoms with Gasteiger partial charge in [0.05, 0.1) is 12.2 Å². The molecule has 0 radical (unpaired) electrons. The summed E-state index contributed by atoms with van der Waals surface area (Å²) in [4.78, 5) is 99.8. The van der Waals surface area contributed by atoms with Crippen LogP contribution in [-0.2, 0) is 28.8 Å². The summed E-state index contributed by atoms with van der Waals surface area (Å²) in [5.41, 5.74) is 6.54. The molecule has 2 aromatic rings. The fraction of sp³-hybridized carbons (Fsp3) is 0.462. The molecule has 4 rings (SSSR count). The number of nitrogens with one attached hydrogen (secondary N) is 5. The van der Waals surface area contributed by atoms with E-state index < -0.39 is 59.6 Å².